The zero-order valence-corrected chi connectivity index (χ0v) is 17.4. The molecule has 0 amide bonds. The van der Waals surface area contributed by atoms with E-state index in [2.05, 4.69) is 5.32 Å². The second-order valence-electron chi connectivity index (χ2n) is 6.69. The van der Waals surface area contributed by atoms with Gasteiger partial charge in [-0.3, -0.25) is 0 Å². The molecule has 0 bridgehead atoms. The molecule has 7 heteroatoms. The number of rotatable bonds is 5. The van der Waals surface area contributed by atoms with Crippen molar-refractivity contribution in [1.82, 2.24) is 14.6 Å². The lowest BCUT2D eigenvalue weighted by Gasteiger charge is -2.09. The molecule has 0 saturated heterocycles. The largest absolute Gasteiger partial charge is 0.493 e. The molecule has 0 saturated carbocycles. The number of nitrogens with one attached hydrogen (secondary N) is 1. The number of aryl methyl sites for hydroxylation is 2. The van der Waals surface area contributed by atoms with E-state index in [9.17, 15) is 0 Å². The van der Waals surface area contributed by atoms with Crippen molar-refractivity contribution in [2.75, 3.05) is 19.5 Å². The Morgan fingerprint density at radius 1 is 0.931 bits per heavy atom. The number of anilines is 2. The molecule has 2 heterocycles. The van der Waals surface area contributed by atoms with Gasteiger partial charge < -0.3 is 14.8 Å². The molecule has 148 valence electrons. The predicted molar refractivity (Wildman–Crippen MR) is 116 cm³/mol. The van der Waals surface area contributed by atoms with Crippen molar-refractivity contribution >= 4 is 28.8 Å². The van der Waals surface area contributed by atoms with Crippen LogP contribution in [0.2, 0.25) is 5.02 Å². The van der Waals surface area contributed by atoms with Crippen LogP contribution in [-0.4, -0.2) is 28.8 Å². The highest BCUT2D eigenvalue weighted by Crippen LogP contribution is 2.34. The lowest BCUT2D eigenvalue weighted by Crippen LogP contribution is -2.02. The smallest absolute Gasteiger partial charge is 0.161 e. The van der Waals surface area contributed by atoms with Gasteiger partial charge in [-0.15, -0.1) is 0 Å². The van der Waals surface area contributed by atoms with E-state index in [0.717, 1.165) is 39.7 Å². The Hall–Kier alpha value is -3.25. The van der Waals surface area contributed by atoms with Gasteiger partial charge >= 0.3 is 0 Å². The molecule has 0 radical (unpaired) electrons. The van der Waals surface area contributed by atoms with Crippen LogP contribution in [-0.2, 0) is 0 Å². The zero-order chi connectivity index (χ0) is 20.5. The standard InChI is InChI=1S/C22H21ClN4O2/c1-13-11-20(25-17-8-6-16(23)7-9-17)27-22(24-13)14(2)21(26-27)15-5-10-18(28-3)19(12-15)29-4/h5-12,25H,1-4H3. The van der Waals surface area contributed by atoms with Gasteiger partial charge in [0.25, 0.3) is 0 Å². The van der Waals surface area contributed by atoms with Crippen LogP contribution in [0, 0.1) is 13.8 Å². The number of methoxy groups -OCH3 is 2. The van der Waals surface area contributed by atoms with E-state index in [0.29, 0.717) is 16.5 Å². The van der Waals surface area contributed by atoms with Crippen LogP contribution in [0.5, 0.6) is 11.5 Å². The van der Waals surface area contributed by atoms with Crippen molar-refractivity contribution in [2.24, 2.45) is 0 Å². The summed E-state index contributed by atoms with van der Waals surface area (Å²) in [4.78, 5) is 4.70. The predicted octanol–water partition coefficient (Wildman–Crippen LogP) is 5.43. The summed E-state index contributed by atoms with van der Waals surface area (Å²) in [6.07, 6.45) is 0. The minimum absolute atomic E-state index is 0.658. The first kappa shape index (κ1) is 19.1. The van der Waals surface area contributed by atoms with Crippen LogP contribution in [0.4, 0.5) is 11.5 Å². The molecule has 0 unspecified atom stereocenters. The van der Waals surface area contributed by atoms with Gasteiger partial charge in [-0.2, -0.15) is 9.61 Å². The molecule has 2 aromatic carbocycles. The monoisotopic (exact) mass is 408 g/mol. The molecule has 4 rings (SSSR count). The Morgan fingerprint density at radius 3 is 2.34 bits per heavy atom. The molecular weight excluding hydrogens is 388 g/mol. The Kier molecular flexibility index (Phi) is 5.03. The van der Waals surface area contributed by atoms with E-state index in [-0.39, 0.29) is 0 Å². The molecule has 0 atom stereocenters. The fraction of sp³-hybridized carbons (Fsp3) is 0.182. The molecule has 4 aromatic rings. The number of benzene rings is 2. The van der Waals surface area contributed by atoms with E-state index in [1.54, 1.807) is 14.2 Å². The SMILES string of the molecule is COc1ccc(-c2nn3c(Nc4ccc(Cl)cc4)cc(C)nc3c2C)cc1OC. The normalized spacial score (nSPS) is 10.9. The highest BCUT2D eigenvalue weighted by Gasteiger charge is 2.17. The van der Waals surface area contributed by atoms with Gasteiger partial charge in [0.05, 0.1) is 19.9 Å². The summed E-state index contributed by atoms with van der Waals surface area (Å²) >= 11 is 6.00. The maximum absolute atomic E-state index is 6.00. The zero-order valence-electron chi connectivity index (χ0n) is 16.7. The molecule has 6 nitrogen and oxygen atoms in total. The Morgan fingerprint density at radius 2 is 1.66 bits per heavy atom. The highest BCUT2D eigenvalue weighted by atomic mass is 35.5. The average Bonchev–Trinajstić information content (AvgIpc) is 3.06. The maximum Gasteiger partial charge on any atom is 0.161 e. The fourth-order valence-corrected chi connectivity index (χ4v) is 3.40. The molecule has 0 spiro atoms. The lowest BCUT2D eigenvalue weighted by molar-refractivity contribution is 0.355. The highest BCUT2D eigenvalue weighted by molar-refractivity contribution is 6.30. The molecule has 0 aliphatic rings. The topological polar surface area (TPSA) is 60.7 Å². The quantitative estimate of drug-likeness (QED) is 0.477. The van der Waals surface area contributed by atoms with Gasteiger partial charge in [0, 0.05) is 33.6 Å². The molecule has 0 aliphatic heterocycles. The molecule has 0 aliphatic carbocycles. The van der Waals surface area contributed by atoms with E-state index in [4.69, 9.17) is 31.2 Å². The number of aromatic nitrogens is 3. The summed E-state index contributed by atoms with van der Waals surface area (Å²) in [6, 6.07) is 15.3. The van der Waals surface area contributed by atoms with Gasteiger partial charge in [0.15, 0.2) is 17.1 Å². The number of ether oxygens (including phenoxy) is 2. The second kappa shape index (κ2) is 7.64. The van der Waals surface area contributed by atoms with Crippen molar-refractivity contribution in [3.8, 4) is 22.8 Å². The minimum atomic E-state index is 0.658. The van der Waals surface area contributed by atoms with Crippen molar-refractivity contribution < 1.29 is 9.47 Å². The minimum Gasteiger partial charge on any atom is -0.493 e. The molecule has 0 fully saturated rings. The average molecular weight is 409 g/mol. The number of hydrogen-bond acceptors (Lipinski definition) is 5. The summed E-state index contributed by atoms with van der Waals surface area (Å²) < 4.78 is 12.6. The summed E-state index contributed by atoms with van der Waals surface area (Å²) in [7, 11) is 3.24. The van der Waals surface area contributed by atoms with Crippen LogP contribution in [0.1, 0.15) is 11.3 Å². The van der Waals surface area contributed by atoms with Gasteiger partial charge in [0.1, 0.15) is 5.82 Å². The third kappa shape index (κ3) is 3.59. The van der Waals surface area contributed by atoms with E-state index < -0.39 is 0 Å². The summed E-state index contributed by atoms with van der Waals surface area (Å²) in [5.74, 6) is 2.16. The van der Waals surface area contributed by atoms with Crippen molar-refractivity contribution in [2.45, 2.75) is 13.8 Å². The lowest BCUT2D eigenvalue weighted by atomic mass is 10.1. The first-order valence-electron chi connectivity index (χ1n) is 9.12. The second-order valence-corrected chi connectivity index (χ2v) is 7.13. The molecule has 29 heavy (non-hydrogen) atoms. The van der Waals surface area contributed by atoms with Crippen LogP contribution < -0.4 is 14.8 Å². The van der Waals surface area contributed by atoms with E-state index >= 15 is 0 Å². The summed E-state index contributed by atoms with van der Waals surface area (Å²) in [5, 5.41) is 8.93. The first-order chi connectivity index (χ1) is 14.0. The number of fused-ring (bicyclic) bond motifs is 1. The van der Waals surface area contributed by atoms with Crippen molar-refractivity contribution in [3.63, 3.8) is 0 Å². The Balaban J connectivity index is 1.83. The Bertz CT molecular complexity index is 1190. The summed E-state index contributed by atoms with van der Waals surface area (Å²) in [5.41, 5.74) is 5.37. The van der Waals surface area contributed by atoms with Gasteiger partial charge in [-0.1, -0.05) is 11.6 Å². The third-order valence-corrected chi connectivity index (χ3v) is 4.97. The van der Waals surface area contributed by atoms with E-state index in [1.165, 1.54) is 0 Å². The number of nitrogens with zero attached hydrogens (tertiary/aromatic N) is 3. The van der Waals surface area contributed by atoms with Crippen LogP contribution >= 0.6 is 11.6 Å². The third-order valence-electron chi connectivity index (χ3n) is 4.72. The summed E-state index contributed by atoms with van der Waals surface area (Å²) in [6.45, 7) is 3.99. The molecule has 2 aromatic heterocycles. The molecule has 1 N–H and O–H groups in total. The van der Waals surface area contributed by atoms with Gasteiger partial charge in [-0.25, -0.2) is 4.98 Å². The first-order valence-corrected chi connectivity index (χ1v) is 9.50. The number of hydrogen-bond donors (Lipinski definition) is 1. The molecular formula is C22H21ClN4O2. The Labute approximate surface area is 174 Å². The van der Waals surface area contributed by atoms with Crippen molar-refractivity contribution in [3.05, 3.63) is 64.8 Å². The number of halogens is 1. The van der Waals surface area contributed by atoms with Crippen LogP contribution in [0.15, 0.2) is 48.5 Å². The van der Waals surface area contributed by atoms with E-state index in [1.807, 2.05) is 66.9 Å². The van der Waals surface area contributed by atoms with Crippen LogP contribution in [0.25, 0.3) is 16.9 Å². The maximum atomic E-state index is 6.00. The van der Waals surface area contributed by atoms with Crippen LogP contribution in [0.3, 0.4) is 0 Å². The fourth-order valence-electron chi connectivity index (χ4n) is 3.27. The van der Waals surface area contributed by atoms with Gasteiger partial charge in [0.2, 0.25) is 0 Å². The van der Waals surface area contributed by atoms with Crippen molar-refractivity contribution in [1.29, 1.82) is 0 Å². The van der Waals surface area contributed by atoms with Gasteiger partial charge in [-0.05, 0) is 56.3 Å².